The van der Waals surface area contributed by atoms with E-state index in [0.717, 1.165) is 29.6 Å². The summed E-state index contributed by atoms with van der Waals surface area (Å²) in [5.41, 5.74) is 4.50. The third kappa shape index (κ3) is 4.61. The van der Waals surface area contributed by atoms with Crippen LogP contribution in [-0.4, -0.2) is 14.4 Å². The minimum atomic E-state index is -1.47. The Morgan fingerprint density at radius 1 is 0.938 bits per heavy atom. The van der Waals surface area contributed by atoms with Gasteiger partial charge in [0.2, 0.25) is 0 Å². The molecule has 0 spiro atoms. The van der Waals surface area contributed by atoms with E-state index >= 15 is 0 Å². The minimum Gasteiger partial charge on any atom is -0.414 e. The maximum absolute atomic E-state index is 6.56. The van der Waals surface area contributed by atoms with E-state index in [-0.39, 0.29) is 0 Å². The van der Waals surface area contributed by atoms with Crippen LogP contribution in [0, 0.1) is 40.4 Å². The molecule has 7 atom stereocenters. The summed E-state index contributed by atoms with van der Waals surface area (Å²) in [6.07, 6.45) is 19.5. The van der Waals surface area contributed by atoms with Crippen LogP contribution in [0.5, 0.6) is 0 Å². The fourth-order valence-electron chi connectivity index (χ4n) is 8.59. The minimum absolute atomic E-state index is 0.395. The summed E-state index contributed by atoms with van der Waals surface area (Å²) in [7, 11) is -1.47. The maximum Gasteiger partial charge on any atom is 0.184 e. The van der Waals surface area contributed by atoms with Crippen molar-refractivity contribution in [2.24, 2.45) is 40.4 Å². The molecule has 2 heteroatoms. The SMILES string of the molecule is CC(C)CCCC(C)C1CCC2C3=CC=C4C[C@@H](O[Si](C)(C)C)CCC4(C)C3CCC21C. The molecule has 0 N–H and O–H groups in total. The lowest BCUT2D eigenvalue weighted by Gasteiger charge is -2.55. The van der Waals surface area contributed by atoms with Crippen LogP contribution in [0.1, 0.15) is 98.8 Å². The number of hydrogen-bond donors (Lipinski definition) is 0. The topological polar surface area (TPSA) is 9.23 Å². The first-order valence-electron chi connectivity index (χ1n) is 14.0. The van der Waals surface area contributed by atoms with Crippen molar-refractivity contribution in [2.45, 2.75) is 125 Å². The first kappa shape index (κ1) is 24.8. The molecule has 0 aromatic rings. The second-order valence-electron chi connectivity index (χ2n) is 14.0. The second kappa shape index (κ2) is 9.03. The summed E-state index contributed by atoms with van der Waals surface area (Å²) in [5.74, 6) is 4.30. The highest BCUT2D eigenvalue weighted by molar-refractivity contribution is 6.69. The van der Waals surface area contributed by atoms with Gasteiger partial charge in [0.25, 0.3) is 0 Å². The molecular weight excluding hydrogens is 404 g/mol. The zero-order valence-electron chi connectivity index (χ0n) is 22.6. The Kier molecular flexibility index (Phi) is 6.99. The fraction of sp³-hybridized carbons (Fsp3) is 0.867. The normalized spacial score (nSPS) is 40.3. The summed E-state index contributed by atoms with van der Waals surface area (Å²) in [4.78, 5) is 0. The number of fused-ring (bicyclic) bond motifs is 5. The zero-order valence-corrected chi connectivity index (χ0v) is 23.6. The summed E-state index contributed by atoms with van der Waals surface area (Å²) < 4.78 is 6.56. The molecule has 4 rings (SSSR count). The van der Waals surface area contributed by atoms with Gasteiger partial charge in [0.1, 0.15) is 0 Å². The molecule has 0 amide bonds. The monoisotopic (exact) mass is 456 g/mol. The standard InChI is InChI=1S/C30H52OSi/c1-21(2)10-9-11-22(3)26-14-15-27-25-13-12-23-20-24(31-32(6,7)8)16-18-29(23,4)28(25)17-19-30(26,27)5/h12-13,21-22,24,26-28H,9-11,14-20H2,1-8H3/t22?,24-,26?,27?,28?,29?,30?/m0/s1. The maximum atomic E-state index is 6.56. The number of hydrogen-bond acceptors (Lipinski definition) is 1. The molecule has 0 aromatic heterocycles. The number of rotatable bonds is 7. The van der Waals surface area contributed by atoms with Gasteiger partial charge in [-0.05, 0) is 105 Å². The van der Waals surface area contributed by atoms with E-state index in [0.29, 0.717) is 16.9 Å². The van der Waals surface area contributed by atoms with Crippen molar-refractivity contribution in [3.05, 3.63) is 23.3 Å². The molecule has 3 fully saturated rings. The molecule has 0 saturated heterocycles. The van der Waals surface area contributed by atoms with Gasteiger partial charge in [-0.15, -0.1) is 0 Å². The highest BCUT2D eigenvalue weighted by atomic mass is 28.4. The smallest absolute Gasteiger partial charge is 0.184 e. The quantitative estimate of drug-likeness (QED) is 0.347. The van der Waals surface area contributed by atoms with Gasteiger partial charge >= 0.3 is 0 Å². The van der Waals surface area contributed by atoms with Crippen LogP contribution < -0.4 is 0 Å². The van der Waals surface area contributed by atoms with Crippen molar-refractivity contribution in [1.82, 2.24) is 0 Å². The Morgan fingerprint density at radius 3 is 2.38 bits per heavy atom. The summed E-state index contributed by atoms with van der Waals surface area (Å²) in [6.45, 7) is 19.7. The molecule has 6 unspecified atom stereocenters. The molecule has 0 heterocycles. The van der Waals surface area contributed by atoms with E-state index in [1.54, 1.807) is 5.57 Å². The average molecular weight is 457 g/mol. The van der Waals surface area contributed by atoms with Crippen molar-refractivity contribution < 1.29 is 4.43 Å². The predicted molar refractivity (Wildman–Crippen MR) is 141 cm³/mol. The molecule has 0 aromatic carbocycles. The molecular formula is C30H52OSi. The molecule has 32 heavy (non-hydrogen) atoms. The molecule has 1 nitrogen and oxygen atoms in total. The van der Waals surface area contributed by atoms with Crippen LogP contribution in [0.2, 0.25) is 19.6 Å². The van der Waals surface area contributed by atoms with Crippen molar-refractivity contribution in [2.75, 3.05) is 0 Å². The van der Waals surface area contributed by atoms with Gasteiger partial charge in [-0.2, -0.15) is 0 Å². The van der Waals surface area contributed by atoms with Crippen LogP contribution in [0.3, 0.4) is 0 Å². The first-order chi connectivity index (χ1) is 14.9. The zero-order chi connectivity index (χ0) is 23.3. The lowest BCUT2D eigenvalue weighted by molar-refractivity contribution is 0.0351. The third-order valence-electron chi connectivity index (χ3n) is 10.2. The lowest BCUT2D eigenvalue weighted by Crippen LogP contribution is -2.47. The molecule has 0 radical (unpaired) electrons. The van der Waals surface area contributed by atoms with Gasteiger partial charge in [-0.3, -0.25) is 0 Å². The number of allylic oxidation sites excluding steroid dienone is 3. The van der Waals surface area contributed by atoms with Gasteiger partial charge < -0.3 is 4.43 Å². The van der Waals surface area contributed by atoms with E-state index in [1.165, 1.54) is 64.2 Å². The Labute approximate surface area is 201 Å². The van der Waals surface area contributed by atoms with E-state index in [9.17, 15) is 0 Å². The Balaban J connectivity index is 1.50. The Bertz CT molecular complexity index is 742. The molecule has 4 aliphatic carbocycles. The van der Waals surface area contributed by atoms with Gasteiger partial charge in [0, 0.05) is 6.10 Å². The third-order valence-corrected chi connectivity index (χ3v) is 11.3. The Hall–Kier alpha value is -0.343. The highest BCUT2D eigenvalue weighted by Crippen LogP contribution is 2.66. The van der Waals surface area contributed by atoms with Crippen LogP contribution in [-0.2, 0) is 4.43 Å². The summed E-state index contributed by atoms with van der Waals surface area (Å²) >= 11 is 0. The predicted octanol–water partition coefficient (Wildman–Crippen LogP) is 9.17. The van der Waals surface area contributed by atoms with E-state index < -0.39 is 8.32 Å². The van der Waals surface area contributed by atoms with Gasteiger partial charge in [-0.1, -0.05) is 77.2 Å². The van der Waals surface area contributed by atoms with Crippen LogP contribution in [0.4, 0.5) is 0 Å². The van der Waals surface area contributed by atoms with E-state index in [4.69, 9.17) is 4.43 Å². The van der Waals surface area contributed by atoms with Gasteiger partial charge in [0.15, 0.2) is 8.32 Å². The largest absolute Gasteiger partial charge is 0.414 e. The van der Waals surface area contributed by atoms with Gasteiger partial charge in [0.05, 0.1) is 0 Å². The average Bonchev–Trinajstić information content (AvgIpc) is 3.04. The molecule has 182 valence electrons. The summed E-state index contributed by atoms with van der Waals surface area (Å²) in [5, 5.41) is 0. The van der Waals surface area contributed by atoms with Crippen molar-refractivity contribution in [3.63, 3.8) is 0 Å². The van der Waals surface area contributed by atoms with Crippen molar-refractivity contribution >= 4 is 8.32 Å². The van der Waals surface area contributed by atoms with Gasteiger partial charge in [-0.25, -0.2) is 0 Å². The van der Waals surface area contributed by atoms with Crippen molar-refractivity contribution in [3.8, 4) is 0 Å². The highest BCUT2D eigenvalue weighted by Gasteiger charge is 2.57. The molecule has 3 saturated carbocycles. The van der Waals surface area contributed by atoms with Crippen molar-refractivity contribution in [1.29, 1.82) is 0 Å². The Morgan fingerprint density at radius 2 is 1.69 bits per heavy atom. The van der Waals surface area contributed by atoms with Crippen LogP contribution in [0.15, 0.2) is 23.3 Å². The first-order valence-corrected chi connectivity index (χ1v) is 17.4. The lowest BCUT2D eigenvalue weighted by atomic mass is 9.50. The van der Waals surface area contributed by atoms with Crippen LogP contribution in [0.25, 0.3) is 0 Å². The van der Waals surface area contributed by atoms with E-state index in [1.807, 2.05) is 5.57 Å². The van der Waals surface area contributed by atoms with E-state index in [2.05, 4.69) is 66.4 Å². The molecule has 0 bridgehead atoms. The molecule has 0 aliphatic heterocycles. The van der Waals surface area contributed by atoms with Crippen LogP contribution >= 0.6 is 0 Å². The molecule has 4 aliphatic rings. The fourth-order valence-corrected chi connectivity index (χ4v) is 9.80. The summed E-state index contributed by atoms with van der Waals surface area (Å²) in [6, 6.07) is 0. The second-order valence-corrected chi connectivity index (χ2v) is 18.5.